The predicted octanol–water partition coefficient (Wildman–Crippen LogP) is 3.55. The minimum atomic E-state index is -0.0605. The van der Waals surface area contributed by atoms with E-state index in [0.29, 0.717) is 24.2 Å². The molecule has 1 aromatic rings. The fourth-order valence-corrected chi connectivity index (χ4v) is 2.41. The van der Waals surface area contributed by atoms with Crippen LogP contribution in [0.5, 0.6) is 11.5 Å². The van der Waals surface area contributed by atoms with E-state index >= 15 is 0 Å². The van der Waals surface area contributed by atoms with Crippen LogP contribution in [0.1, 0.15) is 38.3 Å². The molecule has 18 heavy (non-hydrogen) atoms. The summed E-state index contributed by atoms with van der Waals surface area (Å²) in [5.74, 6) is 2.01. The standard InChI is InChI=1S/C14H20ClNO2/c1-9(2)6-12(16)10-7-13-14(8-11(10)15)18-5-3-4-17-13/h7-9,12H,3-6,16H2,1-2H3. The molecule has 1 unspecified atom stereocenters. The van der Waals surface area contributed by atoms with Gasteiger partial charge in [-0.3, -0.25) is 0 Å². The molecule has 1 atom stereocenters. The SMILES string of the molecule is CC(C)CC(N)c1cc2c(cc1Cl)OCCCO2. The molecule has 0 radical (unpaired) electrons. The lowest BCUT2D eigenvalue weighted by molar-refractivity contribution is 0.297. The molecule has 0 aliphatic carbocycles. The first-order chi connectivity index (χ1) is 8.58. The van der Waals surface area contributed by atoms with Crippen LogP contribution in [0, 0.1) is 5.92 Å². The van der Waals surface area contributed by atoms with Gasteiger partial charge in [-0.05, 0) is 24.0 Å². The van der Waals surface area contributed by atoms with Gasteiger partial charge in [0.25, 0.3) is 0 Å². The summed E-state index contributed by atoms with van der Waals surface area (Å²) in [6.45, 7) is 5.64. The fourth-order valence-electron chi connectivity index (χ4n) is 2.12. The van der Waals surface area contributed by atoms with Gasteiger partial charge >= 0.3 is 0 Å². The highest BCUT2D eigenvalue weighted by molar-refractivity contribution is 6.31. The molecule has 1 heterocycles. The van der Waals surface area contributed by atoms with E-state index in [2.05, 4.69) is 13.8 Å². The first-order valence-electron chi connectivity index (χ1n) is 6.42. The Morgan fingerprint density at radius 3 is 2.44 bits per heavy atom. The Kier molecular flexibility index (Phi) is 4.36. The Morgan fingerprint density at radius 2 is 1.83 bits per heavy atom. The lowest BCUT2D eigenvalue weighted by Gasteiger charge is -2.18. The van der Waals surface area contributed by atoms with E-state index in [1.165, 1.54) is 0 Å². The predicted molar refractivity (Wildman–Crippen MR) is 73.4 cm³/mol. The molecule has 4 heteroatoms. The summed E-state index contributed by atoms with van der Waals surface area (Å²) < 4.78 is 11.3. The van der Waals surface area contributed by atoms with E-state index in [-0.39, 0.29) is 6.04 Å². The first kappa shape index (κ1) is 13.5. The van der Waals surface area contributed by atoms with Gasteiger partial charge in [-0.25, -0.2) is 0 Å². The number of nitrogens with two attached hydrogens (primary N) is 1. The molecule has 2 N–H and O–H groups in total. The quantitative estimate of drug-likeness (QED) is 0.913. The van der Waals surface area contributed by atoms with Crippen LogP contribution in [0.3, 0.4) is 0 Å². The molecule has 0 saturated heterocycles. The number of halogens is 1. The monoisotopic (exact) mass is 269 g/mol. The van der Waals surface area contributed by atoms with Crippen molar-refractivity contribution in [1.82, 2.24) is 0 Å². The van der Waals surface area contributed by atoms with Crippen molar-refractivity contribution >= 4 is 11.6 Å². The molecule has 3 nitrogen and oxygen atoms in total. The van der Waals surface area contributed by atoms with Crippen LogP contribution < -0.4 is 15.2 Å². The molecule has 0 amide bonds. The second-order valence-corrected chi connectivity index (χ2v) is 5.51. The van der Waals surface area contributed by atoms with Gasteiger partial charge in [0.2, 0.25) is 0 Å². The van der Waals surface area contributed by atoms with Crippen molar-refractivity contribution in [3.8, 4) is 11.5 Å². The summed E-state index contributed by atoms with van der Waals surface area (Å²) in [7, 11) is 0. The molecule has 1 aliphatic heterocycles. The van der Waals surface area contributed by atoms with Crippen molar-refractivity contribution in [3.63, 3.8) is 0 Å². The van der Waals surface area contributed by atoms with Crippen molar-refractivity contribution in [3.05, 3.63) is 22.7 Å². The highest BCUT2D eigenvalue weighted by atomic mass is 35.5. The number of fused-ring (bicyclic) bond motifs is 1. The van der Waals surface area contributed by atoms with Crippen LogP contribution in [-0.2, 0) is 0 Å². The zero-order valence-electron chi connectivity index (χ0n) is 10.9. The summed E-state index contributed by atoms with van der Waals surface area (Å²) in [5.41, 5.74) is 7.13. The second kappa shape index (κ2) is 5.81. The molecular weight excluding hydrogens is 250 g/mol. The molecule has 1 aromatic carbocycles. The zero-order valence-corrected chi connectivity index (χ0v) is 11.7. The molecule has 1 aliphatic rings. The van der Waals surface area contributed by atoms with E-state index in [0.717, 1.165) is 29.9 Å². The minimum absolute atomic E-state index is 0.0605. The molecular formula is C14H20ClNO2. The van der Waals surface area contributed by atoms with Gasteiger partial charge in [0.1, 0.15) is 0 Å². The third kappa shape index (κ3) is 3.09. The average Bonchev–Trinajstić information content (AvgIpc) is 2.51. The Hall–Kier alpha value is -0.930. The van der Waals surface area contributed by atoms with Gasteiger partial charge in [-0.1, -0.05) is 25.4 Å². The maximum atomic E-state index is 6.28. The largest absolute Gasteiger partial charge is 0.490 e. The summed E-state index contributed by atoms with van der Waals surface area (Å²) in [4.78, 5) is 0. The van der Waals surface area contributed by atoms with Crippen LogP contribution in [0.4, 0.5) is 0 Å². The van der Waals surface area contributed by atoms with Crippen LogP contribution in [-0.4, -0.2) is 13.2 Å². The molecule has 0 bridgehead atoms. The highest BCUT2D eigenvalue weighted by Crippen LogP contribution is 2.38. The van der Waals surface area contributed by atoms with Crippen molar-refractivity contribution in [2.45, 2.75) is 32.7 Å². The van der Waals surface area contributed by atoms with Crippen LogP contribution in [0.25, 0.3) is 0 Å². The van der Waals surface area contributed by atoms with Crippen molar-refractivity contribution in [1.29, 1.82) is 0 Å². The highest BCUT2D eigenvalue weighted by Gasteiger charge is 2.18. The van der Waals surface area contributed by atoms with Gasteiger partial charge in [0.15, 0.2) is 11.5 Å². The smallest absolute Gasteiger partial charge is 0.162 e. The van der Waals surface area contributed by atoms with E-state index in [1.54, 1.807) is 0 Å². The summed E-state index contributed by atoms with van der Waals surface area (Å²) in [6, 6.07) is 3.68. The Labute approximate surface area is 113 Å². The lowest BCUT2D eigenvalue weighted by atomic mass is 9.97. The number of hydrogen-bond acceptors (Lipinski definition) is 3. The summed E-state index contributed by atoms with van der Waals surface area (Å²) in [6.07, 6.45) is 1.79. The molecule has 0 fully saturated rings. The van der Waals surface area contributed by atoms with Gasteiger partial charge < -0.3 is 15.2 Å². The number of rotatable bonds is 3. The van der Waals surface area contributed by atoms with Gasteiger partial charge in [0.05, 0.1) is 13.2 Å². The van der Waals surface area contributed by atoms with E-state index < -0.39 is 0 Å². The topological polar surface area (TPSA) is 44.5 Å². The maximum absolute atomic E-state index is 6.28. The van der Waals surface area contributed by atoms with E-state index in [9.17, 15) is 0 Å². The number of benzene rings is 1. The van der Waals surface area contributed by atoms with Crippen molar-refractivity contribution in [2.75, 3.05) is 13.2 Å². The van der Waals surface area contributed by atoms with Crippen molar-refractivity contribution < 1.29 is 9.47 Å². The molecule has 0 aromatic heterocycles. The summed E-state index contributed by atoms with van der Waals surface area (Å²) >= 11 is 6.28. The van der Waals surface area contributed by atoms with Crippen molar-refractivity contribution in [2.24, 2.45) is 11.7 Å². The third-order valence-corrected chi connectivity index (χ3v) is 3.32. The first-order valence-corrected chi connectivity index (χ1v) is 6.80. The Balaban J connectivity index is 2.28. The third-order valence-electron chi connectivity index (χ3n) is 2.99. The normalized spacial score (nSPS) is 16.5. The molecule has 0 spiro atoms. The van der Waals surface area contributed by atoms with Gasteiger partial charge in [-0.15, -0.1) is 0 Å². The minimum Gasteiger partial charge on any atom is -0.490 e. The second-order valence-electron chi connectivity index (χ2n) is 5.11. The van der Waals surface area contributed by atoms with Crippen LogP contribution in [0.15, 0.2) is 12.1 Å². The number of hydrogen-bond donors (Lipinski definition) is 1. The van der Waals surface area contributed by atoms with E-state index in [4.69, 9.17) is 26.8 Å². The number of ether oxygens (including phenoxy) is 2. The fraction of sp³-hybridized carbons (Fsp3) is 0.571. The Morgan fingerprint density at radius 1 is 1.22 bits per heavy atom. The van der Waals surface area contributed by atoms with Crippen LogP contribution in [0.2, 0.25) is 5.02 Å². The van der Waals surface area contributed by atoms with E-state index in [1.807, 2.05) is 12.1 Å². The summed E-state index contributed by atoms with van der Waals surface area (Å²) in [5, 5.41) is 0.660. The zero-order chi connectivity index (χ0) is 13.1. The maximum Gasteiger partial charge on any atom is 0.162 e. The van der Waals surface area contributed by atoms with Gasteiger partial charge in [-0.2, -0.15) is 0 Å². The average molecular weight is 270 g/mol. The molecule has 2 rings (SSSR count). The van der Waals surface area contributed by atoms with Crippen LogP contribution >= 0.6 is 11.6 Å². The Bertz CT molecular complexity index is 421. The van der Waals surface area contributed by atoms with Gasteiger partial charge in [0, 0.05) is 23.6 Å². The molecule has 0 saturated carbocycles. The molecule has 100 valence electrons. The lowest BCUT2D eigenvalue weighted by Crippen LogP contribution is -2.13.